The van der Waals surface area contributed by atoms with Crippen LogP contribution in [0.2, 0.25) is 0 Å². The van der Waals surface area contributed by atoms with E-state index >= 15 is 0 Å². The molecule has 2 atom stereocenters. The Morgan fingerprint density at radius 2 is 2.33 bits per heavy atom. The average molecular weight is 214 g/mol. The minimum Gasteiger partial charge on any atom is -0.396 e. The van der Waals surface area contributed by atoms with Gasteiger partial charge in [0.1, 0.15) is 0 Å². The molecule has 0 aliphatic carbocycles. The highest BCUT2D eigenvalue weighted by Gasteiger charge is 2.17. The molecule has 15 heavy (non-hydrogen) atoms. The van der Waals surface area contributed by atoms with Crippen LogP contribution in [-0.2, 0) is 0 Å². The highest BCUT2D eigenvalue weighted by molar-refractivity contribution is 4.73. The topological polar surface area (TPSA) is 35.5 Å². The first-order chi connectivity index (χ1) is 7.26. The van der Waals surface area contributed by atoms with Crippen molar-refractivity contribution in [3.05, 3.63) is 0 Å². The summed E-state index contributed by atoms with van der Waals surface area (Å²) in [6.07, 6.45) is 2.68. The van der Waals surface area contributed by atoms with Crippen LogP contribution >= 0.6 is 0 Å². The van der Waals surface area contributed by atoms with Gasteiger partial charge < -0.3 is 15.3 Å². The van der Waals surface area contributed by atoms with E-state index < -0.39 is 0 Å². The molecule has 1 fully saturated rings. The van der Waals surface area contributed by atoms with Gasteiger partial charge in [-0.05, 0) is 44.3 Å². The van der Waals surface area contributed by atoms with Crippen molar-refractivity contribution in [3.63, 3.8) is 0 Å². The third-order valence-corrected chi connectivity index (χ3v) is 3.24. The van der Waals surface area contributed by atoms with Gasteiger partial charge in [-0.15, -0.1) is 0 Å². The molecule has 90 valence electrons. The van der Waals surface area contributed by atoms with Crippen LogP contribution in [-0.4, -0.2) is 49.3 Å². The lowest BCUT2D eigenvalue weighted by molar-refractivity contribution is 0.154. The molecule has 0 spiro atoms. The summed E-state index contributed by atoms with van der Waals surface area (Å²) in [5.41, 5.74) is 0. The zero-order valence-electron chi connectivity index (χ0n) is 10.2. The van der Waals surface area contributed by atoms with Crippen molar-refractivity contribution in [2.24, 2.45) is 11.8 Å². The number of nitrogens with zero attached hydrogens (tertiary/aromatic N) is 1. The summed E-state index contributed by atoms with van der Waals surface area (Å²) in [4.78, 5) is 2.47. The Morgan fingerprint density at radius 3 is 2.87 bits per heavy atom. The van der Waals surface area contributed by atoms with Crippen LogP contribution in [0.15, 0.2) is 0 Å². The molecule has 1 heterocycles. The van der Waals surface area contributed by atoms with Crippen molar-refractivity contribution >= 4 is 0 Å². The van der Waals surface area contributed by atoms with Gasteiger partial charge in [0.15, 0.2) is 0 Å². The third-order valence-electron chi connectivity index (χ3n) is 3.24. The summed E-state index contributed by atoms with van der Waals surface area (Å²) >= 11 is 0. The number of piperidine rings is 1. The van der Waals surface area contributed by atoms with Gasteiger partial charge >= 0.3 is 0 Å². The quantitative estimate of drug-likeness (QED) is 0.690. The Balaban J connectivity index is 2.25. The maximum atomic E-state index is 9.05. The Bertz CT molecular complexity index is 158. The minimum atomic E-state index is 0.305. The number of hydrogen-bond donors (Lipinski definition) is 2. The molecular formula is C12H26N2O. The highest BCUT2D eigenvalue weighted by atomic mass is 16.3. The number of nitrogens with one attached hydrogen (secondary N) is 1. The van der Waals surface area contributed by atoms with Crippen LogP contribution in [0.25, 0.3) is 0 Å². The van der Waals surface area contributed by atoms with E-state index in [0.29, 0.717) is 12.5 Å². The number of aliphatic hydroxyl groups excluding tert-OH is 1. The van der Waals surface area contributed by atoms with Crippen molar-refractivity contribution in [2.75, 3.05) is 39.3 Å². The molecule has 1 aliphatic rings. The average Bonchev–Trinajstić information content (AvgIpc) is 2.29. The summed E-state index contributed by atoms with van der Waals surface area (Å²) in [5, 5.41) is 12.5. The lowest BCUT2D eigenvalue weighted by Crippen LogP contribution is -2.40. The first kappa shape index (κ1) is 12.9. The van der Waals surface area contributed by atoms with Gasteiger partial charge in [0.25, 0.3) is 0 Å². The van der Waals surface area contributed by atoms with Crippen molar-refractivity contribution in [1.29, 1.82) is 0 Å². The van der Waals surface area contributed by atoms with Crippen LogP contribution in [0.4, 0.5) is 0 Å². The summed E-state index contributed by atoms with van der Waals surface area (Å²) < 4.78 is 0. The molecule has 3 nitrogen and oxygen atoms in total. The van der Waals surface area contributed by atoms with Crippen LogP contribution in [0.1, 0.15) is 26.7 Å². The van der Waals surface area contributed by atoms with E-state index in [4.69, 9.17) is 5.11 Å². The molecule has 1 aliphatic heterocycles. The fourth-order valence-electron chi connectivity index (χ4n) is 2.28. The molecule has 0 radical (unpaired) electrons. The molecule has 0 aromatic rings. The largest absolute Gasteiger partial charge is 0.396 e. The van der Waals surface area contributed by atoms with E-state index in [9.17, 15) is 0 Å². The Kier molecular flexibility index (Phi) is 6.22. The second-order valence-electron chi connectivity index (χ2n) is 4.85. The van der Waals surface area contributed by atoms with Gasteiger partial charge in [-0.25, -0.2) is 0 Å². The lowest BCUT2D eigenvalue weighted by Gasteiger charge is -2.30. The molecule has 3 heteroatoms. The van der Waals surface area contributed by atoms with Crippen molar-refractivity contribution in [3.8, 4) is 0 Å². The van der Waals surface area contributed by atoms with Gasteiger partial charge in [-0.1, -0.05) is 13.8 Å². The molecule has 0 saturated carbocycles. The fraction of sp³-hybridized carbons (Fsp3) is 1.00. The van der Waals surface area contributed by atoms with Crippen LogP contribution in [0.5, 0.6) is 0 Å². The zero-order valence-corrected chi connectivity index (χ0v) is 10.2. The van der Waals surface area contributed by atoms with Gasteiger partial charge in [0.2, 0.25) is 0 Å². The van der Waals surface area contributed by atoms with Gasteiger partial charge in [-0.2, -0.15) is 0 Å². The molecule has 1 rings (SSSR count). The lowest BCUT2D eigenvalue weighted by atomic mass is 9.98. The monoisotopic (exact) mass is 214 g/mol. The van der Waals surface area contributed by atoms with Gasteiger partial charge in [0, 0.05) is 19.7 Å². The molecule has 2 N–H and O–H groups in total. The highest BCUT2D eigenvalue weighted by Crippen LogP contribution is 2.12. The maximum absolute atomic E-state index is 9.05. The predicted molar refractivity (Wildman–Crippen MR) is 64.0 cm³/mol. The first-order valence-electron chi connectivity index (χ1n) is 6.30. The Hall–Kier alpha value is -0.120. The van der Waals surface area contributed by atoms with Crippen LogP contribution < -0.4 is 5.32 Å². The minimum absolute atomic E-state index is 0.305. The normalized spacial score (nSPS) is 24.4. The van der Waals surface area contributed by atoms with Crippen molar-refractivity contribution in [1.82, 2.24) is 10.2 Å². The maximum Gasteiger partial charge on any atom is 0.0468 e. The standard InChI is InChI=1S/C12H26N2O/c1-3-14(8-11(2)10-15)9-12-5-4-6-13-7-12/h11-13,15H,3-10H2,1-2H3. The molecule has 0 amide bonds. The van der Waals surface area contributed by atoms with Crippen molar-refractivity contribution < 1.29 is 5.11 Å². The predicted octanol–water partition coefficient (Wildman–Crippen LogP) is 0.936. The molecule has 0 aromatic carbocycles. The molecule has 1 saturated heterocycles. The summed E-state index contributed by atoms with van der Waals surface area (Å²) in [5.74, 6) is 1.21. The number of hydrogen-bond acceptors (Lipinski definition) is 3. The molecular weight excluding hydrogens is 188 g/mol. The van der Waals surface area contributed by atoms with E-state index in [0.717, 1.165) is 19.0 Å². The Morgan fingerprint density at radius 1 is 1.53 bits per heavy atom. The van der Waals surface area contributed by atoms with E-state index in [2.05, 4.69) is 24.1 Å². The molecule has 0 bridgehead atoms. The zero-order chi connectivity index (χ0) is 11.1. The second-order valence-corrected chi connectivity index (χ2v) is 4.85. The smallest absolute Gasteiger partial charge is 0.0468 e. The third kappa shape index (κ3) is 4.96. The number of aliphatic hydroxyl groups is 1. The van der Waals surface area contributed by atoms with Crippen LogP contribution in [0.3, 0.4) is 0 Å². The molecule has 0 aromatic heterocycles. The fourth-order valence-corrected chi connectivity index (χ4v) is 2.28. The summed E-state index contributed by atoms with van der Waals surface area (Å²) in [7, 11) is 0. The molecule has 2 unspecified atom stereocenters. The van der Waals surface area contributed by atoms with Gasteiger partial charge in [-0.3, -0.25) is 0 Å². The van der Waals surface area contributed by atoms with Crippen LogP contribution in [0, 0.1) is 11.8 Å². The first-order valence-corrected chi connectivity index (χ1v) is 6.30. The van der Waals surface area contributed by atoms with E-state index in [-0.39, 0.29) is 0 Å². The summed E-state index contributed by atoms with van der Waals surface area (Å²) in [6.45, 7) is 10.3. The SMILES string of the molecule is CCN(CC(C)CO)CC1CCCNC1. The number of rotatable bonds is 6. The van der Waals surface area contributed by atoms with E-state index in [1.54, 1.807) is 0 Å². The Labute approximate surface area is 93.9 Å². The van der Waals surface area contributed by atoms with Crippen molar-refractivity contribution in [2.45, 2.75) is 26.7 Å². The van der Waals surface area contributed by atoms with Gasteiger partial charge in [0.05, 0.1) is 0 Å². The van der Waals surface area contributed by atoms with E-state index in [1.165, 1.54) is 32.5 Å². The summed E-state index contributed by atoms with van der Waals surface area (Å²) in [6, 6.07) is 0. The van der Waals surface area contributed by atoms with E-state index in [1.807, 2.05) is 0 Å². The second kappa shape index (κ2) is 7.20.